The van der Waals surface area contributed by atoms with Crippen LogP contribution in [-0.2, 0) is 11.4 Å². The summed E-state index contributed by atoms with van der Waals surface area (Å²) in [6, 6.07) is 7.35. The minimum Gasteiger partial charge on any atom is -0.392 e. The highest BCUT2D eigenvalue weighted by Crippen LogP contribution is 2.05. The number of aliphatic hydroxyl groups excluding tert-OH is 1. The topological polar surface area (TPSA) is 37.3 Å². The van der Waals surface area contributed by atoms with Gasteiger partial charge in [0.05, 0.1) is 6.61 Å². The third-order valence-electron chi connectivity index (χ3n) is 1.53. The van der Waals surface area contributed by atoms with Crippen LogP contribution < -0.4 is 0 Å². The van der Waals surface area contributed by atoms with E-state index in [9.17, 15) is 4.79 Å². The Morgan fingerprint density at radius 3 is 2.42 bits per heavy atom. The monoisotopic (exact) mass is 162 g/mol. The summed E-state index contributed by atoms with van der Waals surface area (Å²) in [7, 11) is 0. The molecule has 1 aromatic carbocycles. The molecule has 0 aliphatic heterocycles. The zero-order valence-corrected chi connectivity index (χ0v) is 6.60. The Labute approximate surface area is 71.2 Å². The van der Waals surface area contributed by atoms with E-state index in [-0.39, 0.29) is 6.61 Å². The van der Waals surface area contributed by atoms with Gasteiger partial charge in [-0.2, -0.15) is 0 Å². The molecule has 1 aromatic rings. The second kappa shape index (κ2) is 4.46. The van der Waals surface area contributed by atoms with Crippen molar-refractivity contribution in [1.29, 1.82) is 0 Å². The summed E-state index contributed by atoms with van der Waals surface area (Å²) in [6.07, 6.45) is 3.89. The summed E-state index contributed by atoms with van der Waals surface area (Å²) >= 11 is 0. The first-order valence-electron chi connectivity index (χ1n) is 3.68. The van der Waals surface area contributed by atoms with Gasteiger partial charge in [-0.05, 0) is 17.2 Å². The number of hydrogen-bond acceptors (Lipinski definition) is 2. The lowest BCUT2D eigenvalue weighted by atomic mass is 10.1. The lowest BCUT2D eigenvalue weighted by molar-refractivity contribution is -0.104. The van der Waals surface area contributed by atoms with Gasteiger partial charge in [-0.3, -0.25) is 4.79 Å². The Kier molecular flexibility index (Phi) is 3.23. The lowest BCUT2D eigenvalue weighted by Gasteiger charge is -1.95. The maximum Gasteiger partial charge on any atom is 0.142 e. The molecule has 0 atom stereocenters. The molecule has 62 valence electrons. The standard InChI is InChI=1S/C10H10O2/c11-7-1-2-9-3-5-10(8-12)6-4-9/h1-7,12H,8H2. The van der Waals surface area contributed by atoms with Crippen molar-refractivity contribution in [3.05, 3.63) is 41.5 Å². The predicted octanol–water partition coefficient (Wildman–Crippen LogP) is 1.39. The molecule has 0 aromatic heterocycles. The largest absolute Gasteiger partial charge is 0.392 e. The van der Waals surface area contributed by atoms with Crippen LogP contribution in [0.15, 0.2) is 30.3 Å². The van der Waals surface area contributed by atoms with Crippen LogP contribution in [0.1, 0.15) is 11.1 Å². The number of hydrogen-bond donors (Lipinski definition) is 1. The normalized spacial score (nSPS) is 10.4. The number of aliphatic hydroxyl groups is 1. The third-order valence-corrected chi connectivity index (χ3v) is 1.53. The number of allylic oxidation sites excluding steroid dienone is 1. The van der Waals surface area contributed by atoms with E-state index in [2.05, 4.69) is 0 Å². The van der Waals surface area contributed by atoms with Crippen molar-refractivity contribution < 1.29 is 9.90 Å². The van der Waals surface area contributed by atoms with Crippen molar-refractivity contribution in [2.75, 3.05) is 0 Å². The first-order chi connectivity index (χ1) is 5.86. The summed E-state index contributed by atoms with van der Waals surface area (Å²) in [6.45, 7) is 0.0532. The molecule has 2 nitrogen and oxygen atoms in total. The fourth-order valence-corrected chi connectivity index (χ4v) is 0.885. The van der Waals surface area contributed by atoms with E-state index in [1.165, 1.54) is 6.08 Å². The van der Waals surface area contributed by atoms with Crippen LogP contribution in [0.3, 0.4) is 0 Å². The Morgan fingerprint density at radius 1 is 1.25 bits per heavy atom. The Bertz CT molecular complexity index is 272. The molecular formula is C10H10O2. The maximum atomic E-state index is 9.97. The van der Waals surface area contributed by atoms with E-state index in [0.29, 0.717) is 0 Å². The first-order valence-corrected chi connectivity index (χ1v) is 3.68. The van der Waals surface area contributed by atoms with Crippen LogP contribution in [0.4, 0.5) is 0 Å². The fourth-order valence-electron chi connectivity index (χ4n) is 0.885. The van der Waals surface area contributed by atoms with E-state index in [1.807, 2.05) is 24.3 Å². The number of rotatable bonds is 3. The number of carbonyl (C=O) groups excluding carboxylic acids is 1. The molecule has 0 bridgehead atoms. The van der Waals surface area contributed by atoms with Crippen LogP contribution in [0.25, 0.3) is 6.08 Å². The molecule has 0 saturated carbocycles. The predicted molar refractivity (Wildman–Crippen MR) is 47.5 cm³/mol. The van der Waals surface area contributed by atoms with Crippen LogP contribution in [0.5, 0.6) is 0 Å². The number of aldehydes is 1. The van der Waals surface area contributed by atoms with Gasteiger partial charge in [-0.25, -0.2) is 0 Å². The highest BCUT2D eigenvalue weighted by molar-refractivity contribution is 5.73. The van der Waals surface area contributed by atoms with E-state index < -0.39 is 0 Å². The van der Waals surface area contributed by atoms with Crippen molar-refractivity contribution >= 4 is 12.4 Å². The first kappa shape index (κ1) is 8.68. The second-order valence-electron chi connectivity index (χ2n) is 2.39. The van der Waals surface area contributed by atoms with E-state index in [4.69, 9.17) is 5.11 Å². The molecule has 0 unspecified atom stereocenters. The average molecular weight is 162 g/mol. The summed E-state index contributed by atoms with van der Waals surface area (Å²) in [5, 5.41) is 8.73. The van der Waals surface area contributed by atoms with Gasteiger partial charge in [0, 0.05) is 0 Å². The molecular weight excluding hydrogens is 152 g/mol. The summed E-state index contributed by atoms with van der Waals surface area (Å²) in [4.78, 5) is 9.97. The van der Waals surface area contributed by atoms with Crippen molar-refractivity contribution in [3.63, 3.8) is 0 Å². The quantitative estimate of drug-likeness (QED) is 0.538. The fraction of sp³-hybridized carbons (Fsp3) is 0.100. The van der Waals surface area contributed by atoms with Gasteiger partial charge in [0.15, 0.2) is 0 Å². The maximum absolute atomic E-state index is 9.97. The SMILES string of the molecule is O=CC=Cc1ccc(CO)cc1. The van der Waals surface area contributed by atoms with Crippen LogP contribution in [0, 0.1) is 0 Å². The van der Waals surface area contributed by atoms with Crippen molar-refractivity contribution in [2.45, 2.75) is 6.61 Å². The zero-order chi connectivity index (χ0) is 8.81. The Hall–Kier alpha value is -1.41. The molecule has 0 spiro atoms. The molecule has 1 rings (SSSR count). The molecule has 0 fully saturated rings. The van der Waals surface area contributed by atoms with E-state index in [0.717, 1.165) is 17.4 Å². The molecule has 0 aliphatic carbocycles. The van der Waals surface area contributed by atoms with Crippen molar-refractivity contribution in [1.82, 2.24) is 0 Å². The van der Waals surface area contributed by atoms with Gasteiger partial charge in [0.25, 0.3) is 0 Å². The zero-order valence-electron chi connectivity index (χ0n) is 6.60. The van der Waals surface area contributed by atoms with Gasteiger partial charge in [0.2, 0.25) is 0 Å². The molecule has 12 heavy (non-hydrogen) atoms. The van der Waals surface area contributed by atoms with Crippen LogP contribution in [0.2, 0.25) is 0 Å². The third kappa shape index (κ3) is 2.32. The highest BCUT2D eigenvalue weighted by atomic mass is 16.3. The smallest absolute Gasteiger partial charge is 0.142 e. The van der Waals surface area contributed by atoms with E-state index in [1.54, 1.807) is 6.08 Å². The Balaban J connectivity index is 2.77. The minimum absolute atomic E-state index is 0.0532. The summed E-state index contributed by atoms with van der Waals surface area (Å²) in [5.41, 5.74) is 1.83. The van der Waals surface area contributed by atoms with Gasteiger partial charge in [-0.1, -0.05) is 30.3 Å². The number of benzene rings is 1. The molecule has 2 heteroatoms. The summed E-state index contributed by atoms with van der Waals surface area (Å²) < 4.78 is 0. The van der Waals surface area contributed by atoms with Crippen LogP contribution in [-0.4, -0.2) is 11.4 Å². The second-order valence-corrected chi connectivity index (χ2v) is 2.39. The molecule has 0 aliphatic rings. The molecule has 0 amide bonds. The Morgan fingerprint density at radius 2 is 1.92 bits per heavy atom. The molecule has 0 heterocycles. The highest BCUT2D eigenvalue weighted by Gasteiger charge is 1.88. The molecule has 0 radical (unpaired) electrons. The number of carbonyl (C=O) groups is 1. The van der Waals surface area contributed by atoms with Gasteiger partial charge in [-0.15, -0.1) is 0 Å². The van der Waals surface area contributed by atoms with Gasteiger partial charge in [0.1, 0.15) is 6.29 Å². The van der Waals surface area contributed by atoms with Crippen molar-refractivity contribution in [2.24, 2.45) is 0 Å². The summed E-state index contributed by atoms with van der Waals surface area (Å²) in [5.74, 6) is 0. The average Bonchev–Trinajstić information content (AvgIpc) is 2.15. The van der Waals surface area contributed by atoms with Gasteiger partial charge < -0.3 is 5.11 Å². The lowest BCUT2D eigenvalue weighted by Crippen LogP contribution is -1.81. The van der Waals surface area contributed by atoms with Crippen LogP contribution >= 0.6 is 0 Å². The van der Waals surface area contributed by atoms with Gasteiger partial charge >= 0.3 is 0 Å². The molecule has 1 N–H and O–H groups in total. The van der Waals surface area contributed by atoms with Crippen molar-refractivity contribution in [3.8, 4) is 0 Å². The minimum atomic E-state index is 0.0532. The molecule has 0 saturated heterocycles. The van der Waals surface area contributed by atoms with E-state index >= 15 is 0 Å².